The fraction of sp³-hybridized carbons (Fsp3) is 0.0392. The van der Waals surface area contributed by atoms with Crippen molar-refractivity contribution in [1.82, 2.24) is 15.0 Å². The van der Waals surface area contributed by atoms with Crippen LogP contribution in [-0.4, -0.2) is 15.0 Å². The van der Waals surface area contributed by atoms with Gasteiger partial charge in [-0.3, -0.25) is 0 Å². The quantitative estimate of drug-likeness (QED) is 0.179. The highest BCUT2D eigenvalue weighted by Gasteiger charge is 2.20. The van der Waals surface area contributed by atoms with Crippen molar-refractivity contribution in [2.75, 3.05) is 0 Å². The van der Waals surface area contributed by atoms with Crippen molar-refractivity contribution in [1.29, 1.82) is 0 Å². The van der Waals surface area contributed by atoms with Crippen LogP contribution < -0.4 is 0 Å². The third-order valence-electron chi connectivity index (χ3n) is 11.0. The minimum atomic E-state index is 0.602. The van der Waals surface area contributed by atoms with Crippen molar-refractivity contribution in [2.45, 2.75) is 12.8 Å². The van der Waals surface area contributed by atoms with Gasteiger partial charge < -0.3 is 4.42 Å². The zero-order valence-electron chi connectivity index (χ0n) is 29.9. The molecule has 2 aromatic heterocycles. The summed E-state index contributed by atoms with van der Waals surface area (Å²) in [4.78, 5) is 15.5. The number of allylic oxidation sites excluding steroid dienone is 1. The minimum Gasteiger partial charge on any atom is -0.455 e. The molecule has 258 valence electrons. The topological polar surface area (TPSA) is 51.8 Å². The molecule has 0 unspecified atom stereocenters. The average molecular weight is 704 g/mol. The molecule has 0 saturated carbocycles. The number of nitrogens with zero attached hydrogens (tertiary/aromatic N) is 3. The highest BCUT2D eigenvalue weighted by molar-refractivity contribution is 6.15. The van der Waals surface area contributed by atoms with Crippen molar-refractivity contribution in [3.8, 4) is 45.3 Å². The standard InChI is InChI=1S/C51H33N3O/c1-3-13-37-30-39(28-22-32(37)10-1)43-18-8-19-44-47-45(20-9-21-46(47)55-48(43)44)51-53-49(52-50(54-51)40-29-23-33-11-2-4-14-38(33)31-40)36-26-24-35(25-27-36)42-17-7-15-34-12-5-6-16-41(34)42/h1-6,8-14,16-31H,7,15H2. The van der Waals surface area contributed by atoms with Crippen molar-refractivity contribution in [2.24, 2.45) is 0 Å². The maximum Gasteiger partial charge on any atom is 0.164 e. The molecular formula is C51H33N3O. The van der Waals surface area contributed by atoms with E-state index in [9.17, 15) is 0 Å². The Hall–Kier alpha value is -7.17. The number of aryl methyl sites for hydroxylation is 1. The maximum absolute atomic E-state index is 6.71. The lowest BCUT2D eigenvalue weighted by Gasteiger charge is -2.18. The first-order valence-electron chi connectivity index (χ1n) is 18.8. The normalized spacial score (nSPS) is 12.7. The van der Waals surface area contributed by atoms with Gasteiger partial charge in [-0.2, -0.15) is 0 Å². The summed E-state index contributed by atoms with van der Waals surface area (Å²) in [5.41, 5.74) is 11.8. The summed E-state index contributed by atoms with van der Waals surface area (Å²) in [6, 6.07) is 59.8. The monoisotopic (exact) mass is 703 g/mol. The second-order valence-corrected chi connectivity index (χ2v) is 14.3. The third kappa shape index (κ3) is 5.42. The number of benzene rings is 8. The summed E-state index contributed by atoms with van der Waals surface area (Å²) < 4.78 is 6.71. The van der Waals surface area contributed by atoms with Crippen LogP contribution >= 0.6 is 0 Å². The van der Waals surface area contributed by atoms with Gasteiger partial charge in [0.25, 0.3) is 0 Å². The van der Waals surface area contributed by atoms with Gasteiger partial charge in [0, 0.05) is 33.0 Å². The van der Waals surface area contributed by atoms with Crippen molar-refractivity contribution in [3.05, 3.63) is 193 Å². The predicted octanol–water partition coefficient (Wildman–Crippen LogP) is 13.1. The molecule has 0 amide bonds. The summed E-state index contributed by atoms with van der Waals surface area (Å²) in [7, 11) is 0. The van der Waals surface area contributed by atoms with Gasteiger partial charge in [0.15, 0.2) is 17.5 Å². The Kier molecular flexibility index (Phi) is 7.27. The Balaban J connectivity index is 1.08. The van der Waals surface area contributed by atoms with Gasteiger partial charge in [0.1, 0.15) is 11.2 Å². The van der Waals surface area contributed by atoms with E-state index in [1.807, 2.05) is 12.1 Å². The number of aromatic nitrogens is 3. The molecule has 0 spiro atoms. The van der Waals surface area contributed by atoms with Crippen LogP contribution in [0.25, 0.3) is 94.3 Å². The van der Waals surface area contributed by atoms with Crippen LogP contribution in [0.2, 0.25) is 0 Å². The summed E-state index contributed by atoms with van der Waals surface area (Å²) >= 11 is 0. The predicted molar refractivity (Wildman–Crippen MR) is 226 cm³/mol. The molecule has 4 heteroatoms. The molecule has 0 fully saturated rings. The highest BCUT2D eigenvalue weighted by atomic mass is 16.3. The summed E-state index contributed by atoms with van der Waals surface area (Å²) in [6.07, 6.45) is 4.47. The van der Waals surface area contributed by atoms with Crippen LogP contribution in [0, 0.1) is 0 Å². The molecule has 55 heavy (non-hydrogen) atoms. The van der Waals surface area contributed by atoms with Crippen LogP contribution in [-0.2, 0) is 6.42 Å². The summed E-state index contributed by atoms with van der Waals surface area (Å²) in [5, 5.41) is 6.73. The molecule has 1 aliphatic carbocycles. The Morgan fingerprint density at radius 3 is 1.80 bits per heavy atom. The SMILES string of the molecule is C1=C(c2ccc(-c3nc(-c4ccc5ccccc5c4)nc(-c4cccc5oc6c(-c7ccc8ccccc8c7)cccc6c45)n3)cc2)c2ccccc2CC1. The van der Waals surface area contributed by atoms with Crippen LogP contribution in [0.5, 0.6) is 0 Å². The van der Waals surface area contributed by atoms with Gasteiger partial charge in [-0.05, 0) is 80.4 Å². The zero-order valence-corrected chi connectivity index (χ0v) is 29.9. The smallest absolute Gasteiger partial charge is 0.164 e. The van der Waals surface area contributed by atoms with Gasteiger partial charge in [-0.1, -0.05) is 158 Å². The van der Waals surface area contributed by atoms with E-state index in [1.54, 1.807) is 0 Å². The Bertz CT molecular complexity index is 3150. The summed E-state index contributed by atoms with van der Waals surface area (Å²) in [5.74, 6) is 1.85. The van der Waals surface area contributed by atoms with Crippen LogP contribution in [0.1, 0.15) is 23.1 Å². The van der Waals surface area contributed by atoms with Gasteiger partial charge >= 0.3 is 0 Å². The average Bonchev–Trinajstić information content (AvgIpc) is 3.65. The molecule has 2 heterocycles. The molecule has 0 saturated heterocycles. The fourth-order valence-corrected chi connectivity index (χ4v) is 8.26. The number of fused-ring (bicyclic) bond motifs is 6. The van der Waals surface area contributed by atoms with Crippen molar-refractivity contribution < 1.29 is 4.42 Å². The van der Waals surface area contributed by atoms with E-state index in [0.717, 1.165) is 68.0 Å². The number of rotatable bonds is 5. The van der Waals surface area contributed by atoms with Gasteiger partial charge in [0.2, 0.25) is 0 Å². The van der Waals surface area contributed by atoms with E-state index >= 15 is 0 Å². The van der Waals surface area contributed by atoms with E-state index < -0.39 is 0 Å². The Morgan fingerprint density at radius 2 is 1.00 bits per heavy atom. The first kappa shape index (κ1) is 31.4. The van der Waals surface area contributed by atoms with Crippen molar-refractivity contribution in [3.63, 3.8) is 0 Å². The zero-order chi connectivity index (χ0) is 36.3. The molecule has 0 aliphatic heterocycles. The Morgan fingerprint density at radius 1 is 0.418 bits per heavy atom. The number of furan rings is 1. The minimum absolute atomic E-state index is 0.602. The van der Waals surface area contributed by atoms with Crippen LogP contribution in [0.4, 0.5) is 0 Å². The van der Waals surface area contributed by atoms with Crippen molar-refractivity contribution >= 4 is 49.1 Å². The lowest BCUT2D eigenvalue weighted by atomic mass is 9.87. The molecule has 0 atom stereocenters. The third-order valence-corrected chi connectivity index (χ3v) is 11.0. The molecule has 0 N–H and O–H groups in total. The number of hydrogen-bond acceptors (Lipinski definition) is 4. The van der Waals surface area contributed by atoms with Gasteiger partial charge in [-0.15, -0.1) is 0 Å². The molecule has 4 nitrogen and oxygen atoms in total. The number of para-hydroxylation sites is 1. The largest absolute Gasteiger partial charge is 0.455 e. The molecule has 11 rings (SSSR count). The first-order chi connectivity index (χ1) is 27.2. The number of hydrogen-bond donors (Lipinski definition) is 0. The molecule has 0 radical (unpaired) electrons. The lowest BCUT2D eigenvalue weighted by molar-refractivity contribution is 0.670. The van der Waals surface area contributed by atoms with E-state index in [1.165, 1.54) is 38.4 Å². The first-order valence-corrected chi connectivity index (χ1v) is 18.8. The highest BCUT2D eigenvalue weighted by Crippen LogP contribution is 2.41. The van der Waals surface area contributed by atoms with E-state index in [0.29, 0.717) is 17.5 Å². The van der Waals surface area contributed by atoms with E-state index in [-0.39, 0.29) is 0 Å². The molecular weight excluding hydrogens is 671 g/mol. The van der Waals surface area contributed by atoms with Crippen LogP contribution in [0.3, 0.4) is 0 Å². The van der Waals surface area contributed by atoms with Gasteiger partial charge in [0.05, 0.1) is 0 Å². The summed E-state index contributed by atoms with van der Waals surface area (Å²) in [6.45, 7) is 0. The van der Waals surface area contributed by atoms with Gasteiger partial charge in [-0.25, -0.2) is 15.0 Å². The maximum atomic E-state index is 6.71. The molecule has 1 aliphatic rings. The van der Waals surface area contributed by atoms with E-state index in [4.69, 9.17) is 19.4 Å². The molecule has 10 aromatic rings. The van der Waals surface area contributed by atoms with Crippen LogP contribution in [0.15, 0.2) is 180 Å². The second-order valence-electron chi connectivity index (χ2n) is 14.3. The van der Waals surface area contributed by atoms with E-state index in [2.05, 4.69) is 164 Å². The Labute approximate surface area is 318 Å². The molecule has 0 bridgehead atoms. The second kappa shape index (κ2) is 12.8. The fourth-order valence-electron chi connectivity index (χ4n) is 8.26. The molecule has 8 aromatic carbocycles. The lowest BCUT2D eigenvalue weighted by Crippen LogP contribution is -2.02.